The fourth-order valence-electron chi connectivity index (χ4n) is 1.26. The number of carbonyl (C=O) groups is 2. The van der Waals surface area contributed by atoms with E-state index in [0.29, 0.717) is 26.2 Å². The van der Waals surface area contributed by atoms with Gasteiger partial charge in [-0.25, -0.2) is 9.59 Å². The molecule has 0 aromatic rings. The van der Waals surface area contributed by atoms with Crippen molar-refractivity contribution in [1.82, 2.24) is 10.6 Å². The number of aliphatic carboxylic acids is 1. The minimum atomic E-state index is -1.01. The third-order valence-corrected chi connectivity index (χ3v) is 2.50. The summed E-state index contributed by atoms with van der Waals surface area (Å²) in [6, 6.07) is -1.33. The Morgan fingerprint density at radius 1 is 1.35 bits per heavy atom. The Kier molecular flexibility index (Phi) is 8.13. The summed E-state index contributed by atoms with van der Waals surface area (Å²) in [5.74, 6) is -1.12. The summed E-state index contributed by atoms with van der Waals surface area (Å²) in [5, 5.41) is 13.9. The molecule has 0 saturated heterocycles. The molecular weight excluding hydrogens is 224 g/mol. The van der Waals surface area contributed by atoms with Crippen molar-refractivity contribution in [3.63, 3.8) is 0 Å². The van der Waals surface area contributed by atoms with E-state index in [1.807, 2.05) is 13.8 Å². The number of ether oxygens (including phenoxy) is 1. The van der Waals surface area contributed by atoms with E-state index in [1.54, 1.807) is 6.92 Å². The molecule has 1 unspecified atom stereocenters. The number of carbonyl (C=O) groups excluding carboxylic acids is 1. The van der Waals surface area contributed by atoms with Gasteiger partial charge in [0.25, 0.3) is 0 Å². The van der Waals surface area contributed by atoms with E-state index in [0.717, 1.165) is 0 Å². The summed E-state index contributed by atoms with van der Waals surface area (Å²) in [5.41, 5.74) is 0. The molecule has 100 valence electrons. The van der Waals surface area contributed by atoms with Crippen molar-refractivity contribution < 1.29 is 19.4 Å². The molecule has 0 aliphatic carbocycles. The van der Waals surface area contributed by atoms with E-state index in [4.69, 9.17) is 9.84 Å². The maximum Gasteiger partial charge on any atom is 0.326 e. The molecule has 0 heterocycles. The third-order valence-electron chi connectivity index (χ3n) is 2.50. The topological polar surface area (TPSA) is 87.7 Å². The van der Waals surface area contributed by atoms with E-state index in [1.165, 1.54) is 0 Å². The zero-order valence-electron chi connectivity index (χ0n) is 10.7. The second-order valence-corrected chi connectivity index (χ2v) is 3.80. The van der Waals surface area contributed by atoms with Crippen molar-refractivity contribution in [2.75, 3.05) is 19.8 Å². The van der Waals surface area contributed by atoms with E-state index >= 15 is 0 Å². The predicted molar refractivity (Wildman–Crippen MR) is 63.9 cm³/mol. The molecule has 0 rings (SSSR count). The molecule has 0 bridgehead atoms. The molecule has 0 aromatic carbocycles. The molecule has 0 aliphatic rings. The highest BCUT2D eigenvalue weighted by atomic mass is 16.5. The number of carboxylic acid groups (broad SMARTS) is 1. The Balaban J connectivity index is 4.00. The van der Waals surface area contributed by atoms with Gasteiger partial charge in [-0.15, -0.1) is 0 Å². The molecule has 2 amide bonds. The van der Waals surface area contributed by atoms with Gasteiger partial charge in [-0.2, -0.15) is 0 Å². The number of nitrogens with one attached hydrogen (secondary N) is 2. The zero-order valence-corrected chi connectivity index (χ0v) is 10.7. The third kappa shape index (κ3) is 6.78. The Bertz CT molecular complexity index is 246. The lowest BCUT2D eigenvalue weighted by molar-refractivity contribution is -0.140. The Labute approximate surface area is 102 Å². The quantitative estimate of drug-likeness (QED) is 0.553. The van der Waals surface area contributed by atoms with Gasteiger partial charge in [0, 0.05) is 13.2 Å². The maximum absolute atomic E-state index is 11.4. The first kappa shape index (κ1) is 15.7. The highest BCUT2D eigenvalue weighted by Gasteiger charge is 2.24. The fourth-order valence-corrected chi connectivity index (χ4v) is 1.26. The second-order valence-electron chi connectivity index (χ2n) is 3.80. The Morgan fingerprint density at radius 3 is 2.47 bits per heavy atom. The van der Waals surface area contributed by atoms with Crippen molar-refractivity contribution >= 4 is 12.0 Å². The maximum atomic E-state index is 11.4. The molecule has 0 spiro atoms. The van der Waals surface area contributed by atoms with Crippen molar-refractivity contribution in [3.8, 4) is 0 Å². The van der Waals surface area contributed by atoms with Crippen LogP contribution in [0.2, 0.25) is 0 Å². The molecule has 0 fully saturated rings. The number of urea groups is 1. The van der Waals surface area contributed by atoms with E-state index in [-0.39, 0.29) is 5.92 Å². The van der Waals surface area contributed by atoms with Crippen LogP contribution in [0, 0.1) is 5.92 Å². The first-order valence-corrected chi connectivity index (χ1v) is 5.87. The number of hydrogen-bond acceptors (Lipinski definition) is 3. The van der Waals surface area contributed by atoms with Gasteiger partial charge in [0.2, 0.25) is 0 Å². The number of amides is 2. The minimum Gasteiger partial charge on any atom is -0.480 e. The lowest BCUT2D eigenvalue weighted by atomic mass is 9.99. The molecule has 0 saturated carbocycles. The van der Waals surface area contributed by atoms with Crippen LogP contribution in [0.25, 0.3) is 0 Å². The SMILES string of the molecule is CCOCCNC(=O)N[C@H](C(=O)O)C(C)CC. The van der Waals surface area contributed by atoms with Crippen molar-refractivity contribution in [1.29, 1.82) is 0 Å². The highest BCUT2D eigenvalue weighted by molar-refractivity contribution is 5.82. The van der Waals surface area contributed by atoms with Crippen molar-refractivity contribution in [3.05, 3.63) is 0 Å². The molecular formula is C11H22N2O4. The second kappa shape index (κ2) is 8.81. The predicted octanol–water partition coefficient (Wildman–Crippen LogP) is 0.821. The summed E-state index contributed by atoms with van der Waals surface area (Å²) in [7, 11) is 0. The summed E-state index contributed by atoms with van der Waals surface area (Å²) in [4.78, 5) is 22.3. The number of carboxylic acids is 1. The van der Waals surface area contributed by atoms with Gasteiger partial charge in [0.05, 0.1) is 6.61 Å². The zero-order chi connectivity index (χ0) is 13.3. The molecule has 2 atom stereocenters. The van der Waals surface area contributed by atoms with Gasteiger partial charge in [-0.3, -0.25) is 0 Å². The molecule has 6 nitrogen and oxygen atoms in total. The van der Waals surface area contributed by atoms with Gasteiger partial charge < -0.3 is 20.5 Å². The van der Waals surface area contributed by atoms with Gasteiger partial charge in [-0.1, -0.05) is 20.3 Å². The van der Waals surface area contributed by atoms with Crippen molar-refractivity contribution in [2.45, 2.75) is 33.2 Å². The summed E-state index contributed by atoms with van der Waals surface area (Å²) in [6.45, 7) is 6.92. The molecule has 3 N–H and O–H groups in total. The van der Waals surface area contributed by atoms with Crippen molar-refractivity contribution in [2.24, 2.45) is 5.92 Å². The standard InChI is InChI=1S/C11H22N2O4/c1-4-8(3)9(10(14)15)13-11(16)12-6-7-17-5-2/h8-9H,4-7H2,1-3H3,(H,14,15)(H2,12,13,16)/t8?,9-/m0/s1. The summed E-state index contributed by atoms with van der Waals surface area (Å²) in [6.07, 6.45) is 0.691. The Hall–Kier alpha value is -1.30. The fraction of sp³-hybridized carbons (Fsp3) is 0.818. The highest BCUT2D eigenvalue weighted by Crippen LogP contribution is 2.07. The van der Waals surface area contributed by atoms with Gasteiger partial charge in [-0.05, 0) is 12.8 Å². The van der Waals surface area contributed by atoms with Crippen LogP contribution in [0.3, 0.4) is 0 Å². The van der Waals surface area contributed by atoms with Crippen LogP contribution in [-0.4, -0.2) is 42.9 Å². The lowest BCUT2D eigenvalue weighted by Gasteiger charge is -2.20. The average Bonchev–Trinajstić information content (AvgIpc) is 2.30. The van der Waals surface area contributed by atoms with Crippen LogP contribution in [0.1, 0.15) is 27.2 Å². The first-order chi connectivity index (χ1) is 8.02. The van der Waals surface area contributed by atoms with Gasteiger partial charge in [0.1, 0.15) is 6.04 Å². The monoisotopic (exact) mass is 246 g/mol. The van der Waals surface area contributed by atoms with E-state index in [9.17, 15) is 9.59 Å². The number of rotatable bonds is 8. The van der Waals surface area contributed by atoms with E-state index < -0.39 is 18.0 Å². The molecule has 0 radical (unpaired) electrons. The molecule has 6 heteroatoms. The molecule has 17 heavy (non-hydrogen) atoms. The molecule has 0 aromatic heterocycles. The van der Waals surface area contributed by atoms with Crippen LogP contribution in [0.5, 0.6) is 0 Å². The van der Waals surface area contributed by atoms with Gasteiger partial charge >= 0.3 is 12.0 Å². The van der Waals surface area contributed by atoms with Crippen LogP contribution in [0.4, 0.5) is 4.79 Å². The van der Waals surface area contributed by atoms with Crippen LogP contribution < -0.4 is 10.6 Å². The van der Waals surface area contributed by atoms with Crippen LogP contribution >= 0.6 is 0 Å². The Morgan fingerprint density at radius 2 is 2.00 bits per heavy atom. The smallest absolute Gasteiger partial charge is 0.326 e. The largest absolute Gasteiger partial charge is 0.480 e. The normalized spacial score (nSPS) is 13.8. The van der Waals surface area contributed by atoms with E-state index in [2.05, 4.69) is 10.6 Å². The first-order valence-electron chi connectivity index (χ1n) is 5.87. The van der Waals surface area contributed by atoms with Crippen LogP contribution in [-0.2, 0) is 9.53 Å². The van der Waals surface area contributed by atoms with Crippen LogP contribution in [0.15, 0.2) is 0 Å². The van der Waals surface area contributed by atoms with Gasteiger partial charge in [0.15, 0.2) is 0 Å². The summed E-state index contributed by atoms with van der Waals surface area (Å²) >= 11 is 0. The minimum absolute atomic E-state index is 0.106. The summed E-state index contributed by atoms with van der Waals surface area (Å²) < 4.78 is 5.05. The number of hydrogen-bond donors (Lipinski definition) is 3. The average molecular weight is 246 g/mol. The molecule has 0 aliphatic heterocycles. The lowest BCUT2D eigenvalue weighted by Crippen LogP contribution is -2.49.